The highest BCUT2D eigenvalue weighted by atomic mass is 35.5. The number of pyridine rings is 1. The Hall–Kier alpha value is -1.55. The number of halogens is 1. The number of aromatic carboxylic acids is 1. The van der Waals surface area contributed by atoms with Gasteiger partial charge in [-0.15, -0.1) is 0 Å². The molecule has 0 aliphatic carbocycles. The van der Waals surface area contributed by atoms with Crippen molar-refractivity contribution in [3.63, 3.8) is 0 Å². The van der Waals surface area contributed by atoms with Gasteiger partial charge in [-0.2, -0.15) is 0 Å². The maximum atomic E-state index is 10.7. The van der Waals surface area contributed by atoms with Crippen LogP contribution in [0.4, 0.5) is 5.69 Å². The molecule has 1 rings (SSSR count). The first kappa shape index (κ1) is 10.5. The Kier molecular flexibility index (Phi) is 3.48. The number of nitrogens with zero attached hydrogens (tertiary/aromatic N) is 1. The van der Waals surface area contributed by atoms with Crippen molar-refractivity contribution in [2.24, 2.45) is 0 Å². The zero-order valence-electron chi connectivity index (χ0n) is 7.33. The quantitative estimate of drug-likeness (QED) is 0.801. The molecule has 4 nitrogen and oxygen atoms in total. The summed E-state index contributed by atoms with van der Waals surface area (Å²) in [6.07, 6.45) is 1.42. The number of nitrogens with one attached hydrogen (secondary N) is 1. The second-order valence-corrected chi connectivity index (χ2v) is 3.11. The van der Waals surface area contributed by atoms with Crippen LogP contribution < -0.4 is 5.32 Å². The summed E-state index contributed by atoms with van der Waals surface area (Å²) in [4.78, 5) is 14.4. The molecular formula is C9H9ClN2O2. The van der Waals surface area contributed by atoms with E-state index >= 15 is 0 Å². The van der Waals surface area contributed by atoms with Gasteiger partial charge >= 0.3 is 5.97 Å². The van der Waals surface area contributed by atoms with Gasteiger partial charge in [0.05, 0.1) is 12.2 Å². The van der Waals surface area contributed by atoms with Crippen LogP contribution in [0.25, 0.3) is 0 Å². The van der Waals surface area contributed by atoms with Crippen LogP contribution in [0.5, 0.6) is 0 Å². The Bertz CT molecular complexity index is 366. The molecule has 0 aromatic carbocycles. The van der Waals surface area contributed by atoms with E-state index in [1.165, 1.54) is 6.20 Å². The lowest BCUT2D eigenvalue weighted by atomic mass is 10.3. The van der Waals surface area contributed by atoms with Gasteiger partial charge in [0.1, 0.15) is 0 Å². The van der Waals surface area contributed by atoms with E-state index in [4.69, 9.17) is 16.7 Å². The minimum absolute atomic E-state index is 0.0228. The van der Waals surface area contributed by atoms with Crippen molar-refractivity contribution >= 4 is 23.3 Å². The molecule has 1 aromatic heterocycles. The van der Waals surface area contributed by atoms with Crippen LogP contribution in [-0.4, -0.2) is 22.6 Å². The molecule has 5 heteroatoms. The largest absolute Gasteiger partial charge is 0.476 e. The fourth-order valence-electron chi connectivity index (χ4n) is 0.910. The molecule has 0 atom stereocenters. The lowest BCUT2D eigenvalue weighted by Gasteiger charge is -2.06. The van der Waals surface area contributed by atoms with Crippen LogP contribution >= 0.6 is 11.6 Å². The van der Waals surface area contributed by atoms with Gasteiger partial charge < -0.3 is 10.4 Å². The predicted octanol–water partition coefficient (Wildman–Crippen LogP) is 1.94. The summed E-state index contributed by atoms with van der Waals surface area (Å²) >= 11 is 5.53. The lowest BCUT2D eigenvalue weighted by Crippen LogP contribution is -2.09. The van der Waals surface area contributed by atoms with Crippen molar-refractivity contribution in [2.75, 3.05) is 11.9 Å². The van der Waals surface area contributed by atoms with Crippen LogP contribution in [0.1, 0.15) is 10.5 Å². The number of hydrogen-bond donors (Lipinski definition) is 2. The number of hydrogen-bond acceptors (Lipinski definition) is 3. The molecule has 74 valence electrons. The highest BCUT2D eigenvalue weighted by molar-refractivity contribution is 6.29. The molecular weight excluding hydrogens is 204 g/mol. The number of anilines is 1. The first-order valence-electron chi connectivity index (χ1n) is 3.86. The van der Waals surface area contributed by atoms with Crippen molar-refractivity contribution in [1.82, 2.24) is 4.98 Å². The molecule has 1 aromatic rings. The zero-order chi connectivity index (χ0) is 10.6. The van der Waals surface area contributed by atoms with Gasteiger partial charge in [-0.3, -0.25) is 0 Å². The van der Waals surface area contributed by atoms with Gasteiger partial charge in [0, 0.05) is 11.2 Å². The summed E-state index contributed by atoms with van der Waals surface area (Å²) in [6.45, 7) is 3.79. The van der Waals surface area contributed by atoms with E-state index < -0.39 is 5.97 Å². The standard InChI is InChI=1S/C9H9ClN2O2/c1-6(10)5-12-7-3-2-4-11-8(7)9(13)14/h2-4,12H,1,5H2,(H,13,14). The molecule has 1 heterocycles. The summed E-state index contributed by atoms with van der Waals surface area (Å²) < 4.78 is 0. The first-order chi connectivity index (χ1) is 6.61. The summed E-state index contributed by atoms with van der Waals surface area (Å²) in [7, 11) is 0. The molecule has 0 radical (unpaired) electrons. The molecule has 14 heavy (non-hydrogen) atoms. The van der Waals surface area contributed by atoms with Crippen LogP contribution in [0, 0.1) is 0 Å². The van der Waals surface area contributed by atoms with E-state index in [9.17, 15) is 4.79 Å². The molecule has 2 N–H and O–H groups in total. The van der Waals surface area contributed by atoms with Crippen molar-refractivity contribution in [3.05, 3.63) is 35.6 Å². The van der Waals surface area contributed by atoms with Gasteiger partial charge in [-0.1, -0.05) is 18.2 Å². The Morgan fingerprint density at radius 2 is 2.43 bits per heavy atom. The molecule has 0 fully saturated rings. The number of carbonyl (C=O) groups is 1. The molecule has 0 aliphatic heterocycles. The average molecular weight is 213 g/mol. The fraction of sp³-hybridized carbons (Fsp3) is 0.111. The summed E-state index contributed by atoms with van der Waals surface area (Å²) in [5.41, 5.74) is 0.409. The molecule has 0 spiro atoms. The minimum atomic E-state index is -1.08. The van der Waals surface area contributed by atoms with E-state index in [0.717, 1.165) is 0 Å². The summed E-state index contributed by atoms with van der Waals surface area (Å²) in [6, 6.07) is 3.27. The SMILES string of the molecule is C=C(Cl)CNc1cccnc1C(=O)O. The second-order valence-electron chi connectivity index (χ2n) is 2.58. The van der Waals surface area contributed by atoms with Crippen molar-refractivity contribution in [2.45, 2.75) is 0 Å². The third-order valence-electron chi connectivity index (χ3n) is 1.48. The van der Waals surface area contributed by atoms with E-state index in [0.29, 0.717) is 17.3 Å². The molecule has 0 aliphatic rings. The highest BCUT2D eigenvalue weighted by Crippen LogP contribution is 2.12. The Labute approximate surface area is 86.2 Å². The molecule has 0 amide bonds. The predicted molar refractivity (Wildman–Crippen MR) is 54.7 cm³/mol. The Balaban J connectivity index is 2.84. The smallest absolute Gasteiger partial charge is 0.356 e. The van der Waals surface area contributed by atoms with Crippen molar-refractivity contribution in [3.8, 4) is 0 Å². The van der Waals surface area contributed by atoms with Gasteiger partial charge in [-0.25, -0.2) is 9.78 Å². The van der Waals surface area contributed by atoms with Gasteiger partial charge in [-0.05, 0) is 12.1 Å². The van der Waals surface area contributed by atoms with Crippen LogP contribution in [0.3, 0.4) is 0 Å². The lowest BCUT2D eigenvalue weighted by molar-refractivity contribution is 0.0691. The topological polar surface area (TPSA) is 62.2 Å². The molecule has 0 unspecified atom stereocenters. The van der Waals surface area contributed by atoms with Crippen molar-refractivity contribution in [1.29, 1.82) is 0 Å². The molecule has 0 saturated heterocycles. The highest BCUT2D eigenvalue weighted by Gasteiger charge is 2.09. The van der Waals surface area contributed by atoms with Crippen molar-refractivity contribution < 1.29 is 9.90 Å². The van der Waals surface area contributed by atoms with Gasteiger partial charge in [0.2, 0.25) is 0 Å². The maximum Gasteiger partial charge on any atom is 0.356 e. The average Bonchev–Trinajstić information content (AvgIpc) is 2.15. The Morgan fingerprint density at radius 1 is 1.71 bits per heavy atom. The van der Waals surface area contributed by atoms with Crippen LogP contribution in [0.15, 0.2) is 29.9 Å². The van der Waals surface area contributed by atoms with E-state index in [-0.39, 0.29) is 5.69 Å². The fourth-order valence-corrected chi connectivity index (χ4v) is 0.976. The third-order valence-corrected chi connectivity index (χ3v) is 1.61. The third kappa shape index (κ3) is 2.74. The number of rotatable bonds is 4. The van der Waals surface area contributed by atoms with Gasteiger partial charge in [0.25, 0.3) is 0 Å². The number of carboxylic acid groups (broad SMARTS) is 1. The molecule has 0 saturated carbocycles. The van der Waals surface area contributed by atoms with E-state index in [2.05, 4.69) is 16.9 Å². The van der Waals surface area contributed by atoms with Crippen LogP contribution in [-0.2, 0) is 0 Å². The number of carboxylic acids is 1. The van der Waals surface area contributed by atoms with Crippen LogP contribution in [0.2, 0.25) is 0 Å². The van der Waals surface area contributed by atoms with E-state index in [1.807, 2.05) is 0 Å². The monoisotopic (exact) mass is 212 g/mol. The summed E-state index contributed by atoms with van der Waals surface area (Å²) in [5, 5.41) is 12.0. The molecule has 0 bridgehead atoms. The Morgan fingerprint density at radius 3 is 3.00 bits per heavy atom. The second kappa shape index (κ2) is 4.62. The normalized spacial score (nSPS) is 9.50. The van der Waals surface area contributed by atoms with Gasteiger partial charge in [0.15, 0.2) is 5.69 Å². The first-order valence-corrected chi connectivity index (χ1v) is 4.24. The maximum absolute atomic E-state index is 10.7. The summed E-state index contributed by atoms with van der Waals surface area (Å²) in [5.74, 6) is -1.08. The van der Waals surface area contributed by atoms with E-state index in [1.54, 1.807) is 12.1 Å². The number of aromatic nitrogens is 1. The zero-order valence-corrected chi connectivity index (χ0v) is 8.08. The minimum Gasteiger partial charge on any atom is -0.476 e.